The monoisotopic (exact) mass is 425 g/mol. The molecule has 1 aromatic heterocycles. The predicted octanol–water partition coefficient (Wildman–Crippen LogP) is 3.62. The van der Waals surface area contributed by atoms with Crippen molar-refractivity contribution in [1.82, 2.24) is 9.88 Å². The summed E-state index contributed by atoms with van der Waals surface area (Å²) in [7, 11) is 1.74. The van der Waals surface area contributed by atoms with Crippen LogP contribution in [0.2, 0.25) is 0 Å². The molecule has 0 aliphatic carbocycles. The summed E-state index contributed by atoms with van der Waals surface area (Å²) in [6.45, 7) is 8.34. The molecule has 0 saturated carbocycles. The lowest BCUT2D eigenvalue weighted by Gasteiger charge is -2.39. The lowest BCUT2D eigenvalue weighted by atomic mass is 9.97. The summed E-state index contributed by atoms with van der Waals surface area (Å²) in [4.78, 5) is 31.3. The van der Waals surface area contributed by atoms with Crippen molar-refractivity contribution in [2.24, 2.45) is 0 Å². The van der Waals surface area contributed by atoms with Crippen molar-refractivity contribution >= 4 is 17.7 Å². The van der Waals surface area contributed by atoms with E-state index in [4.69, 9.17) is 14.2 Å². The van der Waals surface area contributed by atoms with Crippen molar-refractivity contribution in [2.45, 2.75) is 46.0 Å². The Labute approximate surface area is 181 Å². The van der Waals surface area contributed by atoms with Crippen LogP contribution in [-0.2, 0) is 16.1 Å². The third kappa shape index (κ3) is 4.28. The molecular weight excluding hydrogens is 398 g/mol. The third-order valence-corrected chi connectivity index (χ3v) is 5.27. The molecule has 1 aromatic carbocycles. The van der Waals surface area contributed by atoms with Gasteiger partial charge in [-0.2, -0.15) is 0 Å². The van der Waals surface area contributed by atoms with E-state index in [1.54, 1.807) is 29.2 Å². The predicted molar refractivity (Wildman–Crippen MR) is 115 cm³/mol. The fraction of sp³-hybridized carbons (Fsp3) is 0.435. The van der Waals surface area contributed by atoms with Gasteiger partial charge < -0.3 is 24.0 Å². The number of nitrogens with zero attached hydrogens (tertiary/aromatic N) is 3. The summed E-state index contributed by atoms with van der Waals surface area (Å²) in [6, 6.07) is 5.84. The molecule has 0 radical (unpaired) electrons. The quantitative estimate of drug-likeness (QED) is 0.747. The molecule has 0 atom stereocenters. The number of hydrogen-bond acceptors (Lipinski definition) is 6. The Morgan fingerprint density at radius 1 is 1.19 bits per heavy atom. The average Bonchev–Trinajstić information content (AvgIpc) is 2.67. The number of pyridine rings is 1. The van der Waals surface area contributed by atoms with Gasteiger partial charge in [-0.05, 0) is 44.0 Å². The van der Waals surface area contributed by atoms with E-state index in [0.717, 1.165) is 22.4 Å². The number of anilines is 1. The largest absolute Gasteiger partial charge is 0.484 e. The zero-order chi connectivity index (χ0) is 22.3. The van der Waals surface area contributed by atoms with Crippen LogP contribution in [0.4, 0.5) is 10.5 Å². The SMILES string of the molecule is CC(=O)N(C)c1ccc2c(c1)COc1c(OC3CN(C(=O)OC(C)(C)C)C3)cncc1-2. The van der Waals surface area contributed by atoms with Gasteiger partial charge in [0.1, 0.15) is 18.3 Å². The van der Waals surface area contributed by atoms with Gasteiger partial charge in [0.15, 0.2) is 11.5 Å². The number of hydrogen-bond donors (Lipinski definition) is 0. The maximum Gasteiger partial charge on any atom is 0.410 e. The van der Waals surface area contributed by atoms with Gasteiger partial charge in [-0.15, -0.1) is 0 Å². The number of carbonyl (C=O) groups excluding carboxylic acids is 2. The van der Waals surface area contributed by atoms with Crippen molar-refractivity contribution in [3.63, 3.8) is 0 Å². The molecule has 2 aliphatic rings. The molecule has 3 heterocycles. The summed E-state index contributed by atoms with van der Waals surface area (Å²) in [5.41, 5.74) is 3.13. The first-order valence-electron chi connectivity index (χ1n) is 10.3. The number of fused-ring (bicyclic) bond motifs is 3. The molecule has 31 heavy (non-hydrogen) atoms. The molecule has 2 amide bonds. The highest BCUT2D eigenvalue weighted by atomic mass is 16.6. The van der Waals surface area contributed by atoms with E-state index >= 15 is 0 Å². The van der Waals surface area contributed by atoms with E-state index in [1.807, 2.05) is 39.0 Å². The minimum atomic E-state index is -0.522. The minimum Gasteiger partial charge on any atom is -0.484 e. The molecular formula is C23H27N3O5. The molecule has 1 saturated heterocycles. The van der Waals surface area contributed by atoms with Gasteiger partial charge in [-0.1, -0.05) is 6.07 Å². The number of aromatic nitrogens is 1. The fourth-order valence-electron chi connectivity index (χ4n) is 3.52. The molecule has 8 heteroatoms. The van der Waals surface area contributed by atoms with E-state index in [0.29, 0.717) is 31.2 Å². The molecule has 2 aliphatic heterocycles. The highest BCUT2D eigenvalue weighted by Crippen LogP contribution is 2.44. The number of carbonyl (C=O) groups is 2. The number of benzene rings is 1. The lowest BCUT2D eigenvalue weighted by Crippen LogP contribution is -2.57. The van der Waals surface area contributed by atoms with Gasteiger partial charge in [-0.3, -0.25) is 9.78 Å². The van der Waals surface area contributed by atoms with Crippen LogP contribution in [-0.4, -0.2) is 53.7 Å². The van der Waals surface area contributed by atoms with E-state index in [9.17, 15) is 9.59 Å². The Hall–Kier alpha value is -3.29. The maximum absolute atomic E-state index is 12.1. The molecule has 164 valence electrons. The first kappa shape index (κ1) is 21.0. The summed E-state index contributed by atoms with van der Waals surface area (Å²) in [5, 5.41) is 0. The van der Waals surface area contributed by atoms with E-state index in [-0.39, 0.29) is 18.1 Å². The van der Waals surface area contributed by atoms with Crippen LogP contribution in [0, 0.1) is 0 Å². The van der Waals surface area contributed by atoms with Crippen molar-refractivity contribution in [3.8, 4) is 22.6 Å². The van der Waals surface area contributed by atoms with Crippen LogP contribution >= 0.6 is 0 Å². The van der Waals surface area contributed by atoms with Gasteiger partial charge in [0.25, 0.3) is 0 Å². The Balaban J connectivity index is 1.48. The van der Waals surface area contributed by atoms with E-state index in [1.165, 1.54) is 6.92 Å². The molecule has 2 aromatic rings. The molecule has 0 spiro atoms. The number of likely N-dealkylation sites (tertiary alicyclic amines) is 1. The molecule has 0 unspecified atom stereocenters. The normalized spacial score (nSPS) is 15.2. The molecule has 4 rings (SSSR count). The second-order valence-electron chi connectivity index (χ2n) is 8.85. The lowest BCUT2D eigenvalue weighted by molar-refractivity contribution is -0.116. The zero-order valence-electron chi connectivity index (χ0n) is 18.5. The highest BCUT2D eigenvalue weighted by molar-refractivity contribution is 5.91. The average molecular weight is 425 g/mol. The van der Waals surface area contributed by atoms with Crippen LogP contribution in [0.25, 0.3) is 11.1 Å². The van der Waals surface area contributed by atoms with Gasteiger partial charge in [0.05, 0.1) is 19.3 Å². The van der Waals surface area contributed by atoms with Gasteiger partial charge in [0.2, 0.25) is 5.91 Å². The van der Waals surface area contributed by atoms with E-state index < -0.39 is 5.60 Å². The minimum absolute atomic E-state index is 0.0321. The smallest absolute Gasteiger partial charge is 0.410 e. The number of amides is 2. The standard InChI is InChI=1S/C23H27N3O5/c1-14(27)25(5)16-6-7-18-15(8-16)13-29-21-19(18)9-24-10-20(21)30-17-11-26(12-17)22(28)31-23(2,3)4/h6-10,17H,11-13H2,1-5H3. The molecule has 1 fully saturated rings. The number of ether oxygens (including phenoxy) is 3. The number of rotatable bonds is 3. The van der Waals surface area contributed by atoms with Crippen molar-refractivity contribution < 1.29 is 23.8 Å². The van der Waals surface area contributed by atoms with Crippen LogP contribution in [0.3, 0.4) is 0 Å². The first-order chi connectivity index (χ1) is 14.6. The van der Waals surface area contributed by atoms with Crippen LogP contribution in [0.5, 0.6) is 11.5 Å². The Kier molecular flexibility index (Phi) is 5.24. The molecule has 8 nitrogen and oxygen atoms in total. The maximum atomic E-state index is 12.1. The van der Waals surface area contributed by atoms with E-state index in [2.05, 4.69) is 4.98 Å². The third-order valence-electron chi connectivity index (χ3n) is 5.27. The topological polar surface area (TPSA) is 81.2 Å². The van der Waals surface area contributed by atoms with Gasteiger partial charge >= 0.3 is 6.09 Å². The van der Waals surface area contributed by atoms with Crippen molar-refractivity contribution in [1.29, 1.82) is 0 Å². The summed E-state index contributed by atoms with van der Waals surface area (Å²) >= 11 is 0. The second kappa shape index (κ2) is 7.76. The molecule has 0 N–H and O–H groups in total. The zero-order valence-corrected chi connectivity index (χ0v) is 18.5. The Morgan fingerprint density at radius 3 is 2.61 bits per heavy atom. The van der Waals surface area contributed by atoms with Crippen molar-refractivity contribution in [3.05, 3.63) is 36.2 Å². The van der Waals surface area contributed by atoms with Crippen LogP contribution < -0.4 is 14.4 Å². The summed E-state index contributed by atoms with van der Waals surface area (Å²) < 4.78 is 17.5. The Morgan fingerprint density at radius 2 is 1.94 bits per heavy atom. The first-order valence-corrected chi connectivity index (χ1v) is 10.3. The fourth-order valence-corrected chi connectivity index (χ4v) is 3.52. The Bertz CT molecular complexity index is 1020. The van der Waals surface area contributed by atoms with Crippen LogP contribution in [0.1, 0.15) is 33.3 Å². The molecule has 0 bridgehead atoms. The van der Waals surface area contributed by atoms with Crippen LogP contribution in [0.15, 0.2) is 30.6 Å². The van der Waals surface area contributed by atoms with Gasteiger partial charge in [-0.25, -0.2) is 4.79 Å². The van der Waals surface area contributed by atoms with Crippen molar-refractivity contribution in [2.75, 3.05) is 25.0 Å². The summed E-state index contributed by atoms with van der Waals surface area (Å²) in [6.07, 6.45) is 2.91. The highest BCUT2D eigenvalue weighted by Gasteiger charge is 2.36. The summed E-state index contributed by atoms with van der Waals surface area (Å²) in [5.74, 6) is 1.17. The second-order valence-corrected chi connectivity index (χ2v) is 8.85. The van der Waals surface area contributed by atoms with Gasteiger partial charge in [0, 0.05) is 31.4 Å².